The van der Waals surface area contributed by atoms with Gasteiger partial charge in [-0.05, 0) is 41.0 Å². The van der Waals surface area contributed by atoms with Crippen LogP contribution in [0.4, 0.5) is 8.78 Å². The fraction of sp³-hybridized carbons (Fsp3) is 0.250. The molecule has 1 unspecified atom stereocenters. The van der Waals surface area contributed by atoms with Crippen LogP contribution in [-0.4, -0.2) is 39.8 Å². The van der Waals surface area contributed by atoms with Crippen molar-refractivity contribution in [2.45, 2.75) is 25.3 Å². The summed E-state index contributed by atoms with van der Waals surface area (Å²) in [6, 6.07) is 5.91. The molecule has 0 N–H and O–H groups in total. The largest absolute Gasteiger partial charge is 0.618 e. The highest BCUT2D eigenvalue weighted by molar-refractivity contribution is 6.31. The van der Waals surface area contributed by atoms with Gasteiger partial charge in [-0.3, -0.25) is 9.36 Å². The maximum absolute atomic E-state index is 15.2. The Morgan fingerprint density at radius 2 is 1.97 bits per heavy atom. The molecule has 6 rings (SSSR count). The molecule has 188 valence electrons. The monoisotopic (exact) mass is 523 g/mol. The zero-order valence-electron chi connectivity index (χ0n) is 19.5. The molecule has 0 spiro atoms. The predicted molar refractivity (Wildman–Crippen MR) is 128 cm³/mol. The van der Waals surface area contributed by atoms with E-state index >= 15 is 4.39 Å². The van der Waals surface area contributed by atoms with Crippen molar-refractivity contribution in [1.29, 1.82) is 0 Å². The predicted octanol–water partition coefficient (Wildman–Crippen LogP) is 3.88. The van der Waals surface area contributed by atoms with E-state index in [4.69, 9.17) is 11.6 Å². The third-order valence-electron chi connectivity index (χ3n) is 6.59. The van der Waals surface area contributed by atoms with E-state index in [0.29, 0.717) is 40.5 Å². The molecular weight excluding hydrogens is 504 g/mol. The Hall–Kier alpha value is -4.19. The Balaban J connectivity index is 1.41. The zero-order chi connectivity index (χ0) is 25.7. The maximum atomic E-state index is 15.2. The fourth-order valence-electron chi connectivity index (χ4n) is 4.58. The number of benzene rings is 1. The van der Waals surface area contributed by atoms with Gasteiger partial charge in [0.1, 0.15) is 18.1 Å². The normalized spacial score (nSPS) is 14.3. The lowest BCUT2D eigenvalue weighted by molar-refractivity contribution is -0.615. The second-order valence-electron chi connectivity index (χ2n) is 9.05. The molecule has 1 fully saturated rings. The van der Waals surface area contributed by atoms with Crippen molar-refractivity contribution in [3.8, 4) is 28.1 Å². The van der Waals surface area contributed by atoms with Gasteiger partial charge in [0, 0.05) is 24.9 Å². The van der Waals surface area contributed by atoms with Crippen molar-refractivity contribution >= 4 is 11.6 Å². The molecule has 4 heterocycles. The summed E-state index contributed by atoms with van der Waals surface area (Å²) >= 11 is 6.06. The number of hydrogen-bond acceptors (Lipinski definition) is 6. The summed E-state index contributed by atoms with van der Waals surface area (Å²) in [5, 5.41) is 32.8. The standard InChI is InChI=1S/C24H20ClF2N9O/c1-33-24(18(26)10-29-33)16-9-30-34(11-16)21(8-14-2-3-14)19-6-4-15(12-36(19)37)22-20(35-13-28-31-32-35)7-5-17(25)23(22)27/h4-7,9-14,21H,2-3,8H2,1H3. The number of pyridine rings is 1. The highest BCUT2D eigenvalue weighted by Gasteiger charge is 2.32. The average molecular weight is 524 g/mol. The molecule has 1 aliphatic rings. The first-order valence-electron chi connectivity index (χ1n) is 11.6. The SMILES string of the molecule is Cn1ncc(F)c1-c1cnn(C(CC2CC2)c2ccc(-c3c(-n4cnnn4)ccc(Cl)c3F)c[n+]2[O-])c1. The molecule has 5 aromatic rings. The van der Waals surface area contributed by atoms with E-state index in [1.165, 1.54) is 28.0 Å². The summed E-state index contributed by atoms with van der Waals surface area (Å²) in [5.74, 6) is -0.680. The van der Waals surface area contributed by atoms with Crippen LogP contribution in [0.5, 0.6) is 0 Å². The molecule has 1 aromatic carbocycles. The van der Waals surface area contributed by atoms with Crippen LogP contribution >= 0.6 is 11.6 Å². The summed E-state index contributed by atoms with van der Waals surface area (Å²) in [6.07, 6.45) is 9.90. The number of aromatic nitrogens is 9. The number of tetrazole rings is 1. The van der Waals surface area contributed by atoms with Crippen LogP contribution in [0.25, 0.3) is 28.1 Å². The zero-order valence-corrected chi connectivity index (χ0v) is 20.3. The van der Waals surface area contributed by atoms with Crippen LogP contribution < -0.4 is 4.73 Å². The Morgan fingerprint density at radius 1 is 1.14 bits per heavy atom. The highest BCUT2D eigenvalue weighted by atomic mass is 35.5. The molecule has 37 heavy (non-hydrogen) atoms. The number of rotatable bonds is 7. The van der Waals surface area contributed by atoms with E-state index in [2.05, 4.69) is 25.7 Å². The number of halogens is 3. The summed E-state index contributed by atoms with van der Waals surface area (Å²) in [6.45, 7) is 0. The first kappa shape index (κ1) is 23.2. The molecule has 1 saturated carbocycles. The molecular formula is C24H20ClF2N9O. The quantitative estimate of drug-likeness (QED) is 0.237. The van der Waals surface area contributed by atoms with Crippen molar-refractivity contribution in [2.24, 2.45) is 13.0 Å². The van der Waals surface area contributed by atoms with E-state index in [1.54, 1.807) is 42.3 Å². The Labute approximate surface area is 214 Å². The molecule has 0 radical (unpaired) electrons. The van der Waals surface area contributed by atoms with Gasteiger partial charge in [-0.2, -0.15) is 19.6 Å². The van der Waals surface area contributed by atoms with Gasteiger partial charge in [0.05, 0.1) is 34.2 Å². The van der Waals surface area contributed by atoms with E-state index < -0.39 is 17.7 Å². The first-order chi connectivity index (χ1) is 17.9. The summed E-state index contributed by atoms with van der Waals surface area (Å²) < 4.78 is 34.6. The van der Waals surface area contributed by atoms with Gasteiger partial charge in [-0.25, -0.2) is 8.78 Å². The van der Waals surface area contributed by atoms with Gasteiger partial charge < -0.3 is 5.21 Å². The minimum Gasteiger partial charge on any atom is -0.618 e. The number of nitrogens with zero attached hydrogens (tertiary/aromatic N) is 9. The molecule has 4 aromatic heterocycles. The van der Waals surface area contributed by atoms with Gasteiger partial charge in [0.15, 0.2) is 17.8 Å². The van der Waals surface area contributed by atoms with Crippen molar-refractivity contribution in [2.75, 3.05) is 0 Å². The minimum absolute atomic E-state index is 0.0913. The Kier molecular flexibility index (Phi) is 5.67. The smallest absolute Gasteiger partial charge is 0.217 e. The van der Waals surface area contributed by atoms with Crippen LogP contribution in [0.2, 0.25) is 5.02 Å². The lowest BCUT2D eigenvalue weighted by Crippen LogP contribution is -2.35. The summed E-state index contributed by atoms with van der Waals surface area (Å²) in [7, 11) is 1.65. The van der Waals surface area contributed by atoms with Crippen molar-refractivity contribution < 1.29 is 13.5 Å². The summed E-state index contributed by atoms with van der Waals surface area (Å²) in [4.78, 5) is 0. The molecule has 10 nitrogen and oxygen atoms in total. The molecule has 0 aliphatic heterocycles. The lowest BCUT2D eigenvalue weighted by atomic mass is 10.0. The van der Waals surface area contributed by atoms with E-state index in [1.807, 2.05) is 0 Å². The van der Waals surface area contributed by atoms with Gasteiger partial charge >= 0.3 is 0 Å². The van der Waals surface area contributed by atoms with Crippen LogP contribution in [0.1, 0.15) is 31.0 Å². The van der Waals surface area contributed by atoms with Crippen LogP contribution in [0.3, 0.4) is 0 Å². The number of aryl methyl sites for hydroxylation is 1. The van der Waals surface area contributed by atoms with E-state index in [-0.39, 0.29) is 10.6 Å². The van der Waals surface area contributed by atoms with Gasteiger partial charge in [0.2, 0.25) is 5.69 Å². The third-order valence-corrected chi connectivity index (χ3v) is 6.88. The molecule has 1 atom stereocenters. The Bertz CT molecular complexity index is 1570. The second kappa shape index (κ2) is 9.04. The third kappa shape index (κ3) is 4.22. The van der Waals surface area contributed by atoms with Crippen LogP contribution in [-0.2, 0) is 7.05 Å². The average Bonchev–Trinajstić information content (AvgIpc) is 3.23. The second-order valence-corrected chi connectivity index (χ2v) is 9.45. The molecule has 0 bridgehead atoms. The molecule has 13 heteroatoms. The van der Waals surface area contributed by atoms with Crippen molar-refractivity contribution in [3.05, 3.63) is 82.9 Å². The van der Waals surface area contributed by atoms with E-state index in [0.717, 1.165) is 23.8 Å². The molecule has 1 aliphatic carbocycles. The van der Waals surface area contributed by atoms with Gasteiger partial charge in [-0.15, -0.1) is 5.10 Å². The first-order valence-corrected chi connectivity index (χ1v) is 12.0. The highest BCUT2D eigenvalue weighted by Crippen LogP contribution is 2.39. The maximum Gasteiger partial charge on any atom is 0.217 e. The van der Waals surface area contributed by atoms with Crippen molar-refractivity contribution in [1.82, 2.24) is 39.8 Å². The van der Waals surface area contributed by atoms with Gasteiger partial charge in [0.25, 0.3) is 0 Å². The van der Waals surface area contributed by atoms with E-state index in [9.17, 15) is 9.60 Å². The molecule has 0 saturated heterocycles. The summed E-state index contributed by atoms with van der Waals surface area (Å²) in [5.41, 5.74) is 2.05. The van der Waals surface area contributed by atoms with Crippen LogP contribution in [0, 0.1) is 22.8 Å². The lowest BCUT2D eigenvalue weighted by Gasteiger charge is -2.18. The van der Waals surface area contributed by atoms with Crippen molar-refractivity contribution in [3.63, 3.8) is 0 Å². The minimum atomic E-state index is -0.688. The topological polar surface area (TPSA) is 106 Å². The van der Waals surface area contributed by atoms with Gasteiger partial charge in [-0.1, -0.05) is 24.4 Å². The van der Waals surface area contributed by atoms with Crippen LogP contribution in [0.15, 0.2) is 55.4 Å². The molecule has 0 amide bonds. The Morgan fingerprint density at radius 3 is 2.65 bits per heavy atom. The fourth-order valence-corrected chi connectivity index (χ4v) is 4.73. The number of hydrogen-bond donors (Lipinski definition) is 0.